The highest BCUT2D eigenvalue weighted by atomic mass is 32.2. The van der Waals surface area contributed by atoms with Gasteiger partial charge in [0, 0.05) is 12.6 Å². The van der Waals surface area contributed by atoms with E-state index < -0.39 is 34.3 Å². The molecule has 0 radical (unpaired) electrons. The summed E-state index contributed by atoms with van der Waals surface area (Å²) in [5.41, 5.74) is 0.841. The Balaban J connectivity index is 1.67. The minimum Gasteiger partial charge on any atom is -0.497 e. The molecule has 3 aromatic rings. The molecule has 11 heteroatoms. The third-order valence-corrected chi connectivity index (χ3v) is 9.29. The van der Waals surface area contributed by atoms with Crippen LogP contribution in [-0.4, -0.2) is 57.5 Å². The van der Waals surface area contributed by atoms with E-state index in [4.69, 9.17) is 9.47 Å². The summed E-state index contributed by atoms with van der Waals surface area (Å²) in [5, 5.41) is 3.04. The van der Waals surface area contributed by atoms with Crippen LogP contribution >= 0.6 is 0 Å². The highest BCUT2D eigenvalue weighted by Crippen LogP contribution is 2.27. The molecular formula is C32H38FN3O6S. The maximum Gasteiger partial charge on any atom is 0.264 e. The Kier molecular flexibility index (Phi) is 10.6. The number of halogens is 1. The number of sulfonamides is 1. The van der Waals surface area contributed by atoms with Gasteiger partial charge in [-0.05, 0) is 92.9 Å². The van der Waals surface area contributed by atoms with Crippen LogP contribution in [0.4, 0.5) is 10.1 Å². The first kappa shape index (κ1) is 31.8. The Morgan fingerprint density at radius 3 is 2.14 bits per heavy atom. The molecule has 43 heavy (non-hydrogen) atoms. The number of carbonyl (C=O) groups is 2. The molecule has 0 saturated heterocycles. The summed E-state index contributed by atoms with van der Waals surface area (Å²) in [6, 6.07) is 17.0. The number of hydrogen-bond acceptors (Lipinski definition) is 6. The summed E-state index contributed by atoms with van der Waals surface area (Å²) in [6.07, 6.45) is 3.82. The third kappa shape index (κ3) is 8.04. The predicted molar refractivity (Wildman–Crippen MR) is 162 cm³/mol. The van der Waals surface area contributed by atoms with Crippen LogP contribution in [0.5, 0.6) is 11.5 Å². The highest BCUT2D eigenvalue weighted by Gasteiger charge is 2.33. The Morgan fingerprint density at radius 1 is 0.953 bits per heavy atom. The van der Waals surface area contributed by atoms with E-state index in [9.17, 15) is 22.4 Å². The van der Waals surface area contributed by atoms with E-state index >= 15 is 0 Å². The van der Waals surface area contributed by atoms with E-state index in [2.05, 4.69) is 5.32 Å². The van der Waals surface area contributed by atoms with Gasteiger partial charge in [0.2, 0.25) is 11.8 Å². The fourth-order valence-electron chi connectivity index (χ4n) is 5.04. The molecule has 1 atom stereocenters. The van der Waals surface area contributed by atoms with Crippen molar-refractivity contribution < 1.29 is 31.9 Å². The van der Waals surface area contributed by atoms with Gasteiger partial charge in [-0.15, -0.1) is 0 Å². The molecule has 4 rings (SSSR count). The van der Waals surface area contributed by atoms with E-state index in [0.29, 0.717) is 18.1 Å². The minimum absolute atomic E-state index is 0.0450. The maximum atomic E-state index is 14.0. The number of methoxy groups -OCH3 is 1. The number of anilines is 1. The molecule has 1 aliphatic carbocycles. The van der Waals surface area contributed by atoms with Gasteiger partial charge in [0.05, 0.1) is 24.3 Å². The smallest absolute Gasteiger partial charge is 0.264 e. The van der Waals surface area contributed by atoms with Crippen molar-refractivity contribution in [2.24, 2.45) is 0 Å². The maximum absolute atomic E-state index is 14.0. The topological polar surface area (TPSA) is 105 Å². The molecule has 1 aliphatic rings. The summed E-state index contributed by atoms with van der Waals surface area (Å²) in [5.74, 6) is -0.316. The molecule has 0 aliphatic heterocycles. The van der Waals surface area contributed by atoms with Gasteiger partial charge in [-0.25, -0.2) is 12.8 Å². The average Bonchev–Trinajstić information content (AvgIpc) is 3.52. The van der Waals surface area contributed by atoms with Crippen LogP contribution in [0.15, 0.2) is 77.7 Å². The number of ether oxygens (including phenoxy) is 2. The molecule has 1 saturated carbocycles. The molecule has 0 aromatic heterocycles. The number of carbonyl (C=O) groups excluding carboxylic acids is 2. The van der Waals surface area contributed by atoms with Crippen LogP contribution in [-0.2, 0) is 26.2 Å². The second-order valence-corrected chi connectivity index (χ2v) is 12.3. The van der Waals surface area contributed by atoms with E-state index in [1.165, 1.54) is 41.3 Å². The fraction of sp³-hybridized carbons (Fsp3) is 0.375. The Bertz CT molecular complexity index is 1470. The number of amides is 2. The van der Waals surface area contributed by atoms with Crippen LogP contribution in [0.25, 0.3) is 0 Å². The number of benzene rings is 3. The molecule has 1 N–H and O–H groups in total. The molecule has 1 fully saturated rings. The van der Waals surface area contributed by atoms with E-state index in [1.54, 1.807) is 38.3 Å². The monoisotopic (exact) mass is 611 g/mol. The SMILES string of the molecule is CCOc1ccc(S(=O)(=O)N(CC(=O)N(Cc2ccc(OC)cc2)[C@@H](C)C(=O)NC2CCCC2)c2ccc(F)cc2)cc1. The number of nitrogens with one attached hydrogen (secondary N) is 1. The Morgan fingerprint density at radius 2 is 1.56 bits per heavy atom. The molecule has 0 bridgehead atoms. The first-order chi connectivity index (χ1) is 20.6. The first-order valence-corrected chi connectivity index (χ1v) is 15.8. The minimum atomic E-state index is -4.28. The Hall–Kier alpha value is -4.12. The normalized spacial score (nSPS) is 14.1. The van der Waals surface area contributed by atoms with Gasteiger partial charge in [-0.1, -0.05) is 25.0 Å². The standard InChI is InChI=1S/C32H38FN3O6S/c1-4-42-29-17-19-30(20-18-29)43(39,40)36(27-13-11-25(33)12-14-27)22-31(37)35(21-24-9-15-28(41-3)16-10-24)23(2)32(38)34-26-7-5-6-8-26/h9-20,23,26H,4-8,21-22H2,1-3H3,(H,34,38)/t23-/m0/s1. The van der Waals surface area contributed by atoms with Gasteiger partial charge in [0.1, 0.15) is 29.9 Å². The quantitative estimate of drug-likeness (QED) is 0.295. The lowest BCUT2D eigenvalue weighted by molar-refractivity contribution is -0.139. The zero-order chi connectivity index (χ0) is 31.0. The predicted octanol–water partition coefficient (Wildman–Crippen LogP) is 4.90. The van der Waals surface area contributed by atoms with Gasteiger partial charge in [-0.2, -0.15) is 0 Å². The summed E-state index contributed by atoms with van der Waals surface area (Å²) in [6.45, 7) is 3.31. The van der Waals surface area contributed by atoms with Gasteiger partial charge in [-0.3, -0.25) is 13.9 Å². The molecule has 9 nitrogen and oxygen atoms in total. The van der Waals surface area contributed by atoms with Crippen molar-refractivity contribution >= 4 is 27.5 Å². The molecular weight excluding hydrogens is 573 g/mol. The van der Waals surface area contributed by atoms with Crippen molar-refractivity contribution in [1.29, 1.82) is 0 Å². The lowest BCUT2D eigenvalue weighted by Crippen LogP contribution is -2.52. The second kappa shape index (κ2) is 14.4. The van der Waals surface area contributed by atoms with Gasteiger partial charge >= 0.3 is 0 Å². The summed E-state index contributed by atoms with van der Waals surface area (Å²) >= 11 is 0. The lowest BCUT2D eigenvalue weighted by atomic mass is 10.1. The van der Waals surface area contributed by atoms with Crippen molar-refractivity contribution in [3.63, 3.8) is 0 Å². The molecule has 0 spiro atoms. The largest absolute Gasteiger partial charge is 0.497 e. The van der Waals surface area contributed by atoms with Crippen LogP contribution in [0, 0.1) is 5.82 Å². The fourth-order valence-corrected chi connectivity index (χ4v) is 6.45. The second-order valence-electron chi connectivity index (χ2n) is 10.4. The molecule has 2 amide bonds. The van der Waals surface area contributed by atoms with Crippen molar-refractivity contribution in [2.75, 3.05) is 24.6 Å². The summed E-state index contributed by atoms with van der Waals surface area (Å²) in [4.78, 5) is 28.7. The van der Waals surface area contributed by atoms with E-state index in [0.717, 1.165) is 47.7 Å². The number of rotatable bonds is 13. The van der Waals surface area contributed by atoms with Crippen molar-refractivity contribution in [3.05, 3.63) is 84.2 Å². The van der Waals surface area contributed by atoms with Gasteiger partial charge in [0.25, 0.3) is 10.0 Å². The first-order valence-electron chi connectivity index (χ1n) is 14.4. The van der Waals surface area contributed by atoms with Crippen molar-refractivity contribution in [1.82, 2.24) is 10.2 Å². The summed E-state index contributed by atoms with van der Waals surface area (Å²) < 4.78 is 53.3. The summed E-state index contributed by atoms with van der Waals surface area (Å²) in [7, 11) is -2.73. The number of hydrogen-bond donors (Lipinski definition) is 1. The Labute approximate surface area is 252 Å². The van der Waals surface area contributed by atoms with Crippen LogP contribution in [0.1, 0.15) is 45.1 Å². The van der Waals surface area contributed by atoms with Gasteiger partial charge < -0.3 is 19.7 Å². The highest BCUT2D eigenvalue weighted by molar-refractivity contribution is 7.92. The molecule has 230 valence electrons. The van der Waals surface area contributed by atoms with Crippen molar-refractivity contribution in [3.8, 4) is 11.5 Å². The zero-order valence-corrected chi connectivity index (χ0v) is 25.5. The third-order valence-electron chi connectivity index (χ3n) is 7.50. The van der Waals surface area contributed by atoms with Crippen LogP contribution < -0.4 is 19.1 Å². The van der Waals surface area contributed by atoms with Crippen molar-refractivity contribution in [2.45, 2.75) is 63.1 Å². The molecule has 0 unspecified atom stereocenters. The van der Waals surface area contributed by atoms with Crippen LogP contribution in [0.2, 0.25) is 0 Å². The van der Waals surface area contributed by atoms with E-state index in [1.807, 2.05) is 6.92 Å². The average molecular weight is 612 g/mol. The molecule has 0 heterocycles. The van der Waals surface area contributed by atoms with E-state index in [-0.39, 0.29) is 29.1 Å². The lowest BCUT2D eigenvalue weighted by Gasteiger charge is -2.32. The zero-order valence-electron chi connectivity index (χ0n) is 24.7. The number of nitrogens with zero attached hydrogens (tertiary/aromatic N) is 2. The van der Waals surface area contributed by atoms with Crippen LogP contribution in [0.3, 0.4) is 0 Å². The van der Waals surface area contributed by atoms with Gasteiger partial charge in [0.15, 0.2) is 0 Å². The molecule has 3 aromatic carbocycles.